The molecule has 10 rings (SSSR count). The zero-order valence-electron chi connectivity index (χ0n) is 35.2. The minimum absolute atomic E-state index is 0.00466. The molecule has 234 valence electrons. The number of furan rings is 1. The van der Waals surface area contributed by atoms with Crippen molar-refractivity contribution in [1.82, 2.24) is 19.5 Å². The molecule has 3 aromatic heterocycles. The highest BCUT2D eigenvalue weighted by atomic mass is 16.3. The summed E-state index contributed by atoms with van der Waals surface area (Å²) in [5.74, 6) is 0.460. The zero-order chi connectivity index (χ0) is 40.9. The number of nitrogens with zero attached hydrogens (tertiary/aromatic N) is 4. The highest BCUT2D eigenvalue weighted by Gasteiger charge is 2.24. The molecule has 0 spiro atoms. The third kappa shape index (κ3) is 4.45. The second-order valence-corrected chi connectivity index (χ2v) is 11.7. The van der Waals surface area contributed by atoms with E-state index in [1.807, 2.05) is 91.0 Å². The van der Waals surface area contributed by atoms with Crippen LogP contribution in [0.3, 0.4) is 0 Å². The molecular formula is C45H28N4O. The summed E-state index contributed by atoms with van der Waals surface area (Å²) in [6.45, 7) is 0. The van der Waals surface area contributed by atoms with Crippen LogP contribution < -0.4 is 0 Å². The van der Waals surface area contributed by atoms with E-state index in [2.05, 4.69) is 0 Å². The Balaban J connectivity index is 1.47. The number of hydrogen-bond acceptors (Lipinski definition) is 4. The summed E-state index contributed by atoms with van der Waals surface area (Å²) < 4.78 is 90.8. The van der Waals surface area contributed by atoms with Crippen LogP contribution in [0.25, 0.3) is 94.7 Å². The Morgan fingerprint density at radius 1 is 0.440 bits per heavy atom. The maximum atomic E-state index is 9.68. The lowest BCUT2D eigenvalue weighted by atomic mass is 9.97. The van der Waals surface area contributed by atoms with Gasteiger partial charge >= 0.3 is 0 Å². The smallest absolute Gasteiger partial charge is 0.166 e. The fourth-order valence-electron chi connectivity index (χ4n) is 6.58. The first-order chi connectivity index (χ1) is 28.5. The van der Waals surface area contributed by atoms with Crippen molar-refractivity contribution in [3.05, 3.63) is 170 Å². The van der Waals surface area contributed by atoms with Crippen molar-refractivity contribution < 1.29 is 16.8 Å². The van der Waals surface area contributed by atoms with Gasteiger partial charge in [-0.25, -0.2) is 15.0 Å². The third-order valence-electron chi connectivity index (χ3n) is 8.80. The summed E-state index contributed by atoms with van der Waals surface area (Å²) in [5.41, 5.74) is 2.64. The Hall–Kier alpha value is -6.85. The summed E-state index contributed by atoms with van der Waals surface area (Å²) >= 11 is 0. The number of rotatable bonds is 5. The number of fused-ring (bicyclic) bond motifs is 6. The molecule has 7 aromatic carbocycles. The van der Waals surface area contributed by atoms with Gasteiger partial charge in [0.15, 0.2) is 17.5 Å². The molecule has 50 heavy (non-hydrogen) atoms. The van der Waals surface area contributed by atoms with E-state index in [1.54, 1.807) is 12.1 Å². The van der Waals surface area contributed by atoms with Crippen molar-refractivity contribution in [3.8, 4) is 51.0 Å². The lowest BCUT2D eigenvalue weighted by Gasteiger charge is -2.19. The van der Waals surface area contributed by atoms with Gasteiger partial charge in [-0.05, 0) is 24.2 Å². The minimum Gasteiger partial charge on any atom is -0.455 e. The fraction of sp³-hybridized carbons (Fsp3) is 0. The average molecular weight is 650 g/mol. The second-order valence-electron chi connectivity index (χ2n) is 11.7. The molecule has 0 aliphatic carbocycles. The van der Waals surface area contributed by atoms with E-state index in [0.717, 1.165) is 5.39 Å². The standard InChI is InChI=1S/C45H28N4O/c1-3-15-29(16-4-1)43-46-44(30-17-5-2-6-18-30)48-45(47-43)37-25-13-22-34(36-24-14-23-35-33-21-9-12-28-40(33)50-42(35)36)41(37)49-38-26-10-7-19-31(38)32-20-8-11-27-39(32)49/h1-28H/i7D,8D,13D,19D,20D,22D,25D,26D,27D. The zero-order valence-corrected chi connectivity index (χ0v) is 26.2. The van der Waals surface area contributed by atoms with Crippen LogP contribution in [0, 0.1) is 0 Å². The monoisotopic (exact) mass is 649 g/mol. The first kappa shape index (κ1) is 20.5. The van der Waals surface area contributed by atoms with Crippen LogP contribution in [-0.4, -0.2) is 19.5 Å². The van der Waals surface area contributed by atoms with E-state index in [-0.39, 0.29) is 98.4 Å². The van der Waals surface area contributed by atoms with Crippen molar-refractivity contribution in [2.24, 2.45) is 0 Å². The van der Waals surface area contributed by atoms with E-state index in [9.17, 15) is 6.85 Å². The second kappa shape index (κ2) is 11.4. The van der Waals surface area contributed by atoms with E-state index >= 15 is 0 Å². The summed E-state index contributed by atoms with van der Waals surface area (Å²) in [6.07, 6.45) is 0. The van der Waals surface area contributed by atoms with Gasteiger partial charge in [0.2, 0.25) is 0 Å². The topological polar surface area (TPSA) is 56.7 Å². The maximum absolute atomic E-state index is 9.68. The Morgan fingerprint density at radius 2 is 1.02 bits per heavy atom. The Labute approximate surface area is 300 Å². The molecule has 0 fully saturated rings. The van der Waals surface area contributed by atoms with Crippen molar-refractivity contribution in [2.75, 3.05) is 0 Å². The molecule has 10 aromatic rings. The van der Waals surface area contributed by atoms with Crippen LogP contribution in [-0.2, 0) is 0 Å². The van der Waals surface area contributed by atoms with E-state index in [1.165, 1.54) is 16.7 Å². The predicted molar refractivity (Wildman–Crippen MR) is 203 cm³/mol. The maximum Gasteiger partial charge on any atom is 0.166 e. The van der Waals surface area contributed by atoms with Crippen LogP contribution in [0.1, 0.15) is 12.3 Å². The van der Waals surface area contributed by atoms with Gasteiger partial charge in [-0.2, -0.15) is 0 Å². The number of benzene rings is 7. The van der Waals surface area contributed by atoms with Crippen molar-refractivity contribution >= 4 is 43.7 Å². The number of para-hydroxylation sites is 5. The SMILES string of the molecule is [2H]c1cc([2H])c2c(c1[2H])c1c([2H])c([2H])cc([2H])c1n2-c1c(-c2nc(-c3ccccc3)nc(-c3ccccc3)n2)c([2H])c([2H])c([2H])c1-c1cccc2c1oc1ccccc12. The van der Waals surface area contributed by atoms with Gasteiger partial charge in [0.05, 0.1) is 29.1 Å². The molecule has 0 bridgehead atoms. The van der Waals surface area contributed by atoms with Crippen LogP contribution in [0.2, 0.25) is 0 Å². The van der Waals surface area contributed by atoms with Gasteiger partial charge < -0.3 is 8.98 Å². The molecule has 0 unspecified atom stereocenters. The molecule has 0 aliphatic rings. The highest BCUT2D eigenvalue weighted by Crippen LogP contribution is 2.44. The number of aromatic nitrogens is 4. The first-order valence-electron chi connectivity index (χ1n) is 20.5. The molecule has 5 heteroatoms. The van der Waals surface area contributed by atoms with Gasteiger partial charge in [0.1, 0.15) is 11.2 Å². The van der Waals surface area contributed by atoms with Gasteiger partial charge in [-0.15, -0.1) is 0 Å². The predicted octanol–water partition coefficient (Wildman–Crippen LogP) is 11.5. The Kier molecular flexibility index (Phi) is 4.67. The minimum atomic E-state index is -0.461. The van der Waals surface area contributed by atoms with E-state index < -0.39 is 12.1 Å². The Bertz CT molecular complexity index is 3260. The molecule has 0 N–H and O–H groups in total. The van der Waals surface area contributed by atoms with Crippen molar-refractivity contribution in [1.29, 1.82) is 0 Å². The first-order valence-corrected chi connectivity index (χ1v) is 16.0. The van der Waals surface area contributed by atoms with E-state index in [0.29, 0.717) is 33.2 Å². The van der Waals surface area contributed by atoms with Crippen LogP contribution in [0.5, 0.6) is 0 Å². The highest BCUT2D eigenvalue weighted by molar-refractivity contribution is 6.13. The van der Waals surface area contributed by atoms with Crippen LogP contribution >= 0.6 is 0 Å². The summed E-state index contributed by atoms with van der Waals surface area (Å²) in [5, 5.41) is 1.50. The van der Waals surface area contributed by atoms with Crippen molar-refractivity contribution in [3.63, 3.8) is 0 Å². The third-order valence-corrected chi connectivity index (χ3v) is 8.80. The molecular weight excluding hydrogens is 613 g/mol. The molecule has 0 saturated carbocycles. The largest absolute Gasteiger partial charge is 0.455 e. The lowest BCUT2D eigenvalue weighted by molar-refractivity contribution is 0.670. The van der Waals surface area contributed by atoms with Gasteiger partial charge in [-0.3, -0.25) is 0 Å². The average Bonchev–Trinajstić information content (AvgIpc) is 3.82. The lowest BCUT2D eigenvalue weighted by Crippen LogP contribution is -2.05. The Morgan fingerprint density at radius 3 is 1.70 bits per heavy atom. The van der Waals surface area contributed by atoms with Gasteiger partial charge in [-0.1, -0.05) is 145 Å². The van der Waals surface area contributed by atoms with E-state index in [4.69, 9.17) is 24.9 Å². The van der Waals surface area contributed by atoms with Crippen LogP contribution in [0.4, 0.5) is 0 Å². The number of hydrogen-bond donors (Lipinski definition) is 0. The van der Waals surface area contributed by atoms with Crippen molar-refractivity contribution in [2.45, 2.75) is 0 Å². The summed E-state index contributed by atoms with van der Waals surface area (Å²) in [6, 6.07) is 30.7. The molecule has 0 atom stereocenters. The molecule has 0 radical (unpaired) electrons. The normalized spacial score (nSPS) is 14.1. The summed E-state index contributed by atoms with van der Waals surface area (Å²) in [7, 11) is 0. The fourth-order valence-corrected chi connectivity index (χ4v) is 6.58. The van der Waals surface area contributed by atoms with Gasteiger partial charge in [0, 0.05) is 49.4 Å². The quantitative estimate of drug-likeness (QED) is 0.186. The molecule has 0 amide bonds. The molecule has 5 nitrogen and oxygen atoms in total. The summed E-state index contributed by atoms with van der Waals surface area (Å²) in [4.78, 5) is 14.7. The molecule has 3 heterocycles. The van der Waals surface area contributed by atoms with Gasteiger partial charge in [0.25, 0.3) is 0 Å². The molecule has 0 aliphatic heterocycles. The van der Waals surface area contributed by atoms with Crippen LogP contribution in [0.15, 0.2) is 174 Å². The molecule has 0 saturated heterocycles.